The molecule has 154 valence electrons. The largest absolute Gasteiger partial charge is 0.378 e. The molecular weight excluding hydrogens is 422 g/mol. The van der Waals surface area contributed by atoms with Crippen LogP contribution in [0.5, 0.6) is 0 Å². The van der Waals surface area contributed by atoms with E-state index in [1.165, 1.54) is 11.1 Å². The van der Waals surface area contributed by atoms with E-state index in [0.29, 0.717) is 26.3 Å². The van der Waals surface area contributed by atoms with Gasteiger partial charge < -0.3 is 9.64 Å². The Morgan fingerprint density at radius 1 is 1.11 bits per heavy atom. The van der Waals surface area contributed by atoms with Crippen molar-refractivity contribution in [2.24, 2.45) is 0 Å². The lowest BCUT2D eigenvalue weighted by atomic mass is 10.2. The van der Waals surface area contributed by atoms with Crippen LogP contribution in [0.2, 0.25) is 5.28 Å². The Bertz CT molecular complexity index is 967. The van der Waals surface area contributed by atoms with Crippen LogP contribution in [-0.4, -0.2) is 86.3 Å². The van der Waals surface area contributed by atoms with Gasteiger partial charge in [-0.3, -0.25) is 4.90 Å². The van der Waals surface area contributed by atoms with Crippen LogP contribution in [0.25, 0.3) is 10.2 Å². The Hall–Kier alpha value is -1.04. The van der Waals surface area contributed by atoms with E-state index in [4.69, 9.17) is 16.3 Å². The predicted octanol–water partition coefficient (Wildman–Crippen LogP) is 1.57. The van der Waals surface area contributed by atoms with E-state index in [2.05, 4.69) is 26.7 Å². The number of anilines is 1. The molecule has 2 aromatic rings. The molecule has 0 aliphatic carbocycles. The third kappa shape index (κ3) is 4.12. The molecule has 0 atom stereocenters. The first-order chi connectivity index (χ1) is 13.3. The van der Waals surface area contributed by atoms with Crippen molar-refractivity contribution in [1.29, 1.82) is 0 Å². The van der Waals surface area contributed by atoms with Gasteiger partial charge in [0.05, 0.1) is 29.7 Å². The normalized spacial score (nSPS) is 20.2. The molecule has 8 nitrogen and oxygen atoms in total. The highest BCUT2D eigenvalue weighted by Crippen LogP contribution is 2.37. The zero-order chi connectivity index (χ0) is 19.9. The lowest BCUT2D eigenvalue weighted by Crippen LogP contribution is -2.47. The molecule has 2 aliphatic heterocycles. The van der Waals surface area contributed by atoms with Crippen LogP contribution in [0.15, 0.2) is 0 Å². The molecule has 0 N–H and O–H groups in total. The maximum Gasteiger partial charge on any atom is 0.224 e. The minimum atomic E-state index is -3.11. The van der Waals surface area contributed by atoms with Gasteiger partial charge in [0, 0.05) is 50.7 Å². The Kier molecular flexibility index (Phi) is 5.78. The molecule has 0 aromatic carbocycles. The number of piperazine rings is 1. The Morgan fingerprint density at radius 3 is 2.43 bits per heavy atom. The van der Waals surface area contributed by atoms with Gasteiger partial charge in [-0.1, -0.05) is 0 Å². The van der Waals surface area contributed by atoms with Crippen molar-refractivity contribution >= 4 is 49.0 Å². The highest BCUT2D eigenvalue weighted by atomic mass is 35.5. The van der Waals surface area contributed by atoms with Gasteiger partial charge in [0.2, 0.25) is 15.3 Å². The average Bonchev–Trinajstić information content (AvgIpc) is 2.97. The van der Waals surface area contributed by atoms with E-state index in [0.717, 1.165) is 54.3 Å². The topological polar surface area (TPSA) is 78.9 Å². The van der Waals surface area contributed by atoms with Gasteiger partial charge in [-0.25, -0.2) is 13.4 Å². The maximum atomic E-state index is 11.7. The smallest absolute Gasteiger partial charge is 0.224 e. The summed E-state index contributed by atoms with van der Waals surface area (Å²) < 4.78 is 31.5. The summed E-state index contributed by atoms with van der Waals surface area (Å²) in [6, 6.07) is 0. The summed E-state index contributed by atoms with van der Waals surface area (Å²) in [6.45, 7) is 8.34. The first-order valence-corrected chi connectivity index (χ1v) is 12.3. The fourth-order valence-electron chi connectivity index (χ4n) is 3.65. The monoisotopic (exact) mass is 445 g/mol. The molecule has 28 heavy (non-hydrogen) atoms. The molecule has 4 rings (SSSR count). The summed E-state index contributed by atoms with van der Waals surface area (Å²) in [5.41, 5.74) is 2.04. The van der Waals surface area contributed by atoms with Crippen molar-refractivity contribution in [3.8, 4) is 0 Å². The van der Waals surface area contributed by atoms with Crippen LogP contribution in [0.3, 0.4) is 0 Å². The van der Waals surface area contributed by atoms with Crippen LogP contribution in [0.4, 0.5) is 5.82 Å². The first kappa shape index (κ1) is 20.2. The second-order valence-corrected chi connectivity index (χ2v) is 10.6. The molecule has 11 heteroatoms. The fraction of sp³-hybridized carbons (Fsp3) is 0.647. The van der Waals surface area contributed by atoms with Gasteiger partial charge in [0.25, 0.3) is 0 Å². The van der Waals surface area contributed by atoms with Crippen LogP contribution < -0.4 is 4.90 Å². The van der Waals surface area contributed by atoms with Crippen molar-refractivity contribution in [1.82, 2.24) is 19.2 Å². The molecule has 2 aliphatic rings. The van der Waals surface area contributed by atoms with Crippen molar-refractivity contribution in [2.45, 2.75) is 13.5 Å². The van der Waals surface area contributed by atoms with Gasteiger partial charge in [0.1, 0.15) is 0 Å². The zero-order valence-corrected chi connectivity index (χ0v) is 18.4. The minimum Gasteiger partial charge on any atom is -0.378 e. The van der Waals surface area contributed by atoms with Gasteiger partial charge in [-0.05, 0) is 24.1 Å². The third-order valence-electron chi connectivity index (χ3n) is 5.30. The van der Waals surface area contributed by atoms with E-state index in [1.54, 1.807) is 15.6 Å². The SMILES string of the molecule is Cc1c(CN2CCN(S(C)(=O)=O)CC2)sc2c(N3CCOCC3)nc(Cl)nc12. The standard InChI is InChI=1S/C17H24ClN5O3S2/c1-12-13(11-21-3-5-23(6-4-21)28(2,24)25)27-15-14(12)19-17(18)20-16(15)22-7-9-26-10-8-22/h3-11H2,1-2H3. The lowest BCUT2D eigenvalue weighted by Gasteiger charge is -2.33. The summed E-state index contributed by atoms with van der Waals surface area (Å²) in [5.74, 6) is 0.888. The van der Waals surface area contributed by atoms with Crippen LogP contribution in [0, 0.1) is 6.92 Å². The quantitative estimate of drug-likeness (QED) is 0.661. The van der Waals surface area contributed by atoms with Crippen LogP contribution >= 0.6 is 22.9 Å². The van der Waals surface area contributed by atoms with E-state index in [1.807, 2.05) is 0 Å². The molecule has 2 fully saturated rings. The Balaban J connectivity index is 1.58. The molecule has 0 saturated carbocycles. The molecule has 4 heterocycles. The minimum absolute atomic E-state index is 0.267. The highest BCUT2D eigenvalue weighted by molar-refractivity contribution is 7.88. The number of hydrogen-bond donors (Lipinski definition) is 0. The van der Waals surface area contributed by atoms with Crippen molar-refractivity contribution in [3.05, 3.63) is 15.7 Å². The van der Waals surface area contributed by atoms with E-state index in [9.17, 15) is 8.42 Å². The van der Waals surface area contributed by atoms with Crippen molar-refractivity contribution in [3.63, 3.8) is 0 Å². The molecule has 0 radical (unpaired) electrons. The number of aromatic nitrogens is 2. The van der Waals surface area contributed by atoms with Gasteiger partial charge in [0.15, 0.2) is 5.82 Å². The number of ether oxygens (including phenoxy) is 1. The van der Waals surface area contributed by atoms with Crippen molar-refractivity contribution in [2.75, 3.05) is 63.6 Å². The van der Waals surface area contributed by atoms with E-state index in [-0.39, 0.29) is 5.28 Å². The number of rotatable bonds is 4. The third-order valence-corrected chi connectivity index (χ3v) is 8.03. The number of aryl methyl sites for hydroxylation is 1. The van der Waals surface area contributed by atoms with Crippen LogP contribution in [-0.2, 0) is 21.3 Å². The molecule has 0 amide bonds. The van der Waals surface area contributed by atoms with Crippen LogP contribution in [0.1, 0.15) is 10.4 Å². The summed E-state index contributed by atoms with van der Waals surface area (Å²) in [4.78, 5) is 14.7. The van der Waals surface area contributed by atoms with Gasteiger partial charge in [-0.15, -0.1) is 11.3 Å². The molecule has 2 saturated heterocycles. The van der Waals surface area contributed by atoms with Gasteiger partial charge >= 0.3 is 0 Å². The second-order valence-electron chi connectivity index (χ2n) is 7.18. The molecule has 0 unspecified atom stereocenters. The van der Waals surface area contributed by atoms with E-state index >= 15 is 0 Å². The number of thiophene rings is 1. The predicted molar refractivity (Wildman–Crippen MR) is 112 cm³/mol. The lowest BCUT2D eigenvalue weighted by molar-refractivity contribution is 0.122. The Labute approximate surface area is 174 Å². The number of fused-ring (bicyclic) bond motifs is 1. The maximum absolute atomic E-state index is 11.7. The van der Waals surface area contributed by atoms with E-state index < -0.39 is 10.0 Å². The first-order valence-electron chi connectivity index (χ1n) is 9.28. The fourth-order valence-corrected chi connectivity index (χ4v) is 5.95. The summed E-state index contributed by atoms with van der Waals surface area (Å²) in [5, 5.41) is 0.267. The Morgan fingerprint density at radius 2 is 1.79 bits per heavy atom. The van der Waals surface area contributed by atoms with Crippen molar-refractivity contribution < 1.29 is 13.2 Å². The molecule has 2 aromatic heterocycles. The number of morpholine rings is 1. The summed E-state index contributed by atoms with van der Waals surface area (Å²) in [6.07, 6.45) is 1.27. The zero-order valence-electron chi connectivity index (χ0n) is 16.0. The average molecular weight is 446 g/mol. The highest BCUT2D eigenvalue weighted by Gasteiger charge is 2.26. The van der Waals surface area contributed by atoms with Gasteiger partial charge in [-0.2, -0.15) is 9.29 Å². The molecular formula is C17H24ClN5O3S2. The molecule has 0 bridgehead atoms. The number of hydrogen-bond acceptors (Lipinski definition) is 8. The number of sulfonamides is 1. The summed E-state index contributed by atoms with van der Waals surface area (Å²) in [7, 11) is -3.11. The second kappa shape index (κ2) is 8.00. The summed E-state index contributed by atoms with van der Waals surface area (Å²) >= 11 is 7.94. The molecule has 0 spiro atoms. The number of halogens is 1. The number of nitrogens with zero attached hydrogens (tertiary/aromatic N) is 5.